The van der Waals surface area contributed by atoms with Crippen LogP contribution in [0, 0.1) is 27.7 Å². The van der Waals surface area contributed by atoms with E-state index in [1.165, 1.54) is 0 Å². The molecule has 2 heterocycles. The Hall–Kier alpha value is -3.16. The largest absolute Gasteiger partial charge is 0.462 e. The summed E-state index contributed by atoms with van der Waals surface area (Å²) >= 11 is 0. The zero-order valence-corrected chi connectivity index (χ0v) is 19.0. The Kier molecular flexibility index (Phi) is 7.37. The molecule has 0 aliphatic rings. The smallest absolute Gasteiger partial charge is 0.340 e. The van der Waals surface area contributed by atoms with Crippen molar-refractivity contribution in [2.24, 2.45) is 10.2 Å². The number of aromatic nitrogens is 2. The first-order valence-electron chi connectivity index (χ1n) is 9.95. The highest BCUT2D eigenvalue weighted by molar-refractivity contribution is 6.40. The molecule has 0 fully saturated rings. The standard InChI is InChI=1S/C22H30N4O4/c1-9-29-21(27)19-11-13(3)25(17(19)7)23-15(5)16(6)24-26-14(4)12-20(18(26)8)22(28)30-10-2/h11-12H,9-10H2,1-8H3/b23-15+,24-16+. The normalized spacial score (nSPS) is 12.3. The van der Waals surface area contributed by atoms with Crippen molar-refractivity contribution < 1.29 is 19.1 Å². The minimum atomic E-state index is -0.361. The fourth-order valence-electron chi connectivity index (χ4n) is 3.09. The van der Waals surface area contributed by atoms with Crippen molar-refractivity contribution in [3.8, 4) is 0 Å². The zero-order chi connectivity index (χ0) is 22.6. The topological polar surface area (TPSA) is 87.2 Å². The lowest BCUT2D eigenvalue weighted by atomic mass is 10.2. The molecule has 8 nitrogen and oxygen atoms in total. The highest BCUT2D eigenvalue weighted by Crippen LogP contribution is 2.18. The van der Waals surface area contributed by atoms with Gasteiger partial charge < -0.3 is 9.47 Å². The van der Waals surface area contributed by atoms with Crippen molar-refractivity contribution in [2.45, 2.75) is 55.4 Å². The lowest BCUT2D eigenvalue weighted by Crippen LogP contribution is -2.13. The first-order chi connectivity index (χ1) is 14.1. The van der Waals surface area contributed by atoms with Crippen LogP contribution >= 0.6 is 0 Å². The molecule has 0 atom stereocenters. The van der Waals surface area contributed by atoms with Crippen LogP contribution in [0.25, 0.3) is 0 Å². The number of hydrogen-bond acceptors (Lipinski definition) is 6. The third kappa shape index (κ3) is 4.69. The van der Waals surface area contributed by atoms with Crippen molar-refractivity contribution in [1.29, 1.82) is 0 Å². The van der Waals surface area contributed by atoms with E-state index in [-0.39, 0.29) is 11.9 Å². The summed E-state index contributed by atoms with van der Waals surface area (Å²) in [5, 5.41) is 9.28. The fourth-order valence-corrected chi connectivity index (χ4v) is 3.09. The number of rotatable bonds is 7. The highest BCUT2D eigenvalue weighted by atomic mass is 16.5. The second-order valence-electron chi connectivity index (χ2n) is 7.00. The lowest BCUT2D eigenvalue weighted by Gasteiger charge is -2.08. The number of ether oxygens (including phenoxy) is 2. The van der Waals surface area contributed by atoms with Gasteiger partial charge in [0.25, 0.3) is 0 Å². The first-order valence-corrected chi connectivity index (χ1v) is 9.95. The molecule has 0 N–H and O–H groups in total. The maximum absolute atomic E-state index is 12.1. The summed E-state index contributed by atoms with van der Waals surface area (Å²) in [7, 11) is 0. The molecular weight excluding hydrogens is 384 g/mol. The number of esters is 2. The Balaban J connectivity index is 2.40. The van der Waals surface area contributed by atoms with E-state index in [1.807, 2.05) is 41.5 Å². The average molecular weight is 415 g/mol. The molecule has 0 saturated carbocycles. The Morgan fingerprint density at radius 3 is 1.40 bits per heavy atom. The quantitative estimate of drug-likeness (QED) is 0.506. The SMILES string of the molecule is CCOC(=O)c1cc(C)n(/N=C(C)/C(C)=N/n2c(C)cc(C(=O)OCC)c2C)c1C. The van der Waals surface area contributed by atoms with E-state index in [0.29, 0.717) is 47.2 Å². The molecule has 2 aromatic rings. The van der Waals surface area contributed by atoms with Crippen LogP contribution in [0.1, 0.15) is 71.2 Å². The Bertz CT molecular complexity index is 942. The molecule has 162 valence electrons. The van der Waals surface area contributed by atoms with Gasteiger partial charge in [0.05, 0.1) is 47.2 Å². The lowest BCUT2D eigenvalue weighted by molar-refractivity contribution is 0.0515. The molecule has 0 saturated heterocycles. The van der Waals surface area contributed by atoms with Gasteiger partial charge in [-0.05, 0) is 67.5 Å². The molecule has 0 aromatic carbocycles. The second kappa shape index (κ2) is 9.56. The maximum atomic E-state index is 12.1. The summed E-state index contributed by atoms with van der Waals surface area (Å²) in [4.78, 5) is 24.2. The van der Waals surface area contributed by atoms with Gasteiger partial charge in [-0.15, -0.1) is 0 Å². The van der Waals surface area contributed by atoms with E-state index in [9.17, 15) is 9.59 Å². The Morgan fingerprint density at radius 1 is 0.767 bits per heavy atom. The van der Waals surface area contributed by atoms with Gasteiger partial charge in [0.2, 0.25) is 0 Å². The van der Waals surface area contributed by atoms with Crippen molar-refractivity contribution in [3.63, 3.8) is 0 Å². The third-order valence-electron chi connectivity index (χ3n) is 4.80. The molecule has 0 radical (unpaired) electrons. The third-order valence-corrected chi connectivity index (χ3v) is 4.80. The summed E-state index contributed by atoms with van der Waals surface area (Å²) in [5.41, 5.74) is 5.40. The molecule has 0 aliphatic heterocycles. The molecule has 30 heavy (non-hydrogen) atoms. The molecule has 0 aliphatic carbocycles. The minimum absolute atomic E-state index is 0.319. The summed E-state index contributed by atoms with van der Waals surface area (Å²) in [6, 6.07) is 3.53. The van der Waals surface area contributed by atoms with Gasteiger partial charge in [-0.1, -0.05) is 0 Å². The van der Waals surface area contributed by atoms with Crippen LogP contribution in [0.2, 0.25) is 0 Å². The minimum Gasteiger partial charge on any atom is -0.462 e. The van der Waals surface area contributed by atoms with Crippen LogP contribution in [0.15, 0.2) is 22.3 Å². The van der Waals surface area contributed by atoms with Crippen LogP contribution in [0.4, 0.5) is 0 Å². The Labute approximate surface area is 177 Å². The fraction of sp³-hybridized carbons (Fsp3) is 0.455. The predicted octanol–water partition coefficient (Wildman–Crippen LogP) is 4.02. The highest BCUT2D eigenvalue weighted by Gasteiger charge is 2.18. The van der Waals surface area contributed by atoms with E-state index in [1.54, 1.807) is 35.3 Å². The van der Waals surface area contributed by atoms with Crippen LogP contribution in [0.5, 0.6) is 0 Å². The number of hydrogen-bond donors (Lipinski definition) is 0. The van der Waals surface area contributed by atoms with E-state index in [2.05, 4.69) is 10.2 Å². The summed E-state index contributed by atoms with van der Waals surface area (Å²) in [5.74, 6) is -0.722. The van der Waals surface area contributed by atoms with Gasteiger partial charge in [0.1, 0.15) is 0 Å². The van der Waals surface area contributed by atoms with E-state index in [0.717, 1.165) is 11.4 Å². The van der Waals surface area contributed by atoms with Gasteiger partial charge in [-0.3, -0.25) is 0 Å². The van der Waals surface area contributed by atoms with Gasteiger partial charge in [-0.2, -0.15) is 10.2 Å². The molecule has 0 unspecified atom stereocenters. The van der Waals surface area contributed by atoms with Gasteiger partial charge in [0.15, 0.2) is 0 Å². The van der Waals surface area contributed by atoms with Crippen LogP contribution in [-0.2, 0) is 9.47 Å². The second-order valence-corrected chi connectivity index (χ2v) is 7.00. The average Bonchev–Trinajstić information content (AvgIpc) is 3.13. The molecular formula is C22H30N4O4. The Morgan fingerprint density at radius 2 is 1.10 bits per heavy atom. The van der Waals surface area contributed by atoms with E-state index >= 15 is 0 Å². The summed E-state index contributed by atoms with van der Waals surface area (Å²) in [6.45, 7) is 15.3. The summed E-state index contributed by atoms with van der Waals surface area (Å²) in [6.07, 6.45) is 0. The number of carbonyl (C=O) groups excluding carboxylic acids is 2. The van der Waals surface area contributed by atoms with Crippen LogP contribution < -0.4 is 0 Å². The summed E-state index contributed by atoms with van der Waals surface area (Å²) < 4.78 is 13.6. The first kappa shape index (κ1) is 23.1. The van der Waals surface area contributed by atoms with Gasteiger partial charge in [-0.25, -0.2) is 18.9 Å². The number of nitrogens with zero attached hydrogens (tertiary/aromatic N) is 4. The van der Waals surface area contributed by atoms with Crippen LogP contribution in [-0.4, -0.2) is 45.9 Å². The van der Waals surface area contributed by atoms with E-state index in [4.69, 9.17) is 9.47 Å². The monoisotopic (exact) mass is 414 g/mol. The zero-order valence-electron chi connectivity index (χ0n) is 19.0. The number of aryl methyl sites for hydroxylation is 2. The molecule has 0 bridgehead atoms. The van der Waals surface area contributed by atoms with Crippen molar-refractivity contribution in [3.05, 3.63) is 46.0 Å². The maximum Gasteiger partial charge on any atom is 0.340 e. The number of carbonyl (C=O) groups is 2. The molecule has 0 amide bonds. The van der Waals surface area contributed by atoms with Gasteiger partial charge in [0, 0.05) is 11.4 Å². The molecule has 0 spiro atoms. The van der Waals surface area contributed by atoms with E-state index < -0.39 is 0 Å². The van der Waals surface area contributed by atoms with Crippen molar-refractivity contribution in [2.75, 3.05) is 13.2 Å². The van der Waals surface area contributed by atoms with Gasteiger partial charge >= 0.3 is 11.9 Å². The van der Waals surface area contributed by atoms with Crippen LogP contribution in [0.3, 0.4) is 0 Å². The van der Waals surface area contributed by atoms with Crippen molar-refractivity contribution in [1.82, 2.24) is 9.35 Å². The molecule has 8 heteroatoms. The molecule has 2 aromatic heterocycles. The molecule has 2 rings (SSSR count). The van der Waals surface area contributed by atoms with Crippen molar-refractivity contribution >= 4 is 23.4 Å². The predicted molar refractivity (Wildman–Crippen MR) is 117 cm³/mol.